The number of pyridine rings is 1. The molecular formula is C14H13ClN2O3. The minimum Gasteiger partial charge on any atom is -0.488 e. The molecule has 0 aliphatic heterocycles. The van der Waals surface area contributed by atoms with E-state index < -0.39 is 5.91 Å². The standard InChI is InChI=1S/C14H13ClN2O3/c1-2-20-13-8-16-11(7-12(13)18)14(19)17-10-5-3-9(15)4-6-10/h3-8H,2H2,1H3,(H,16,18)(H,17,19). The van der Waals surface area contributed by atoms with Crippen LogP contribution >= 0.6 is 11.6 Å². The number of amides is 1. The van der Waals surface area contributed by atoms with Gasteiger partial charge in [0.2, 0.25) is 5.43 Å². The number of aromatic amines is 1. The minimum absolute atomic E-state index is 0.161. The maximum absolute atomic E-state index is 12.0. The van der Waals surface area contributed by atoms with Gasteiger partial charge in [0.05, 0.1) is 6.61 Å². The van der Waals surface area contributed by atoms with Gasteiger partial charge >= 0.3 is 0 Å². The van der Waals surface area contributed by atoms with E-state index in [1.165, 1.54) is 12.3 Å². The number of anilines is 1. The van der Waals surface area contributed by atoms with E-state index in [1.807, 2.05) is 0 Å². The number of hydrogen-bond acceptors (Lipinski definition) is 3. The molecule has 1 heterocycles. The van der Waals surface area contributed by atoms with Crippen LogP contribution in [0.5, 0.6) is 5.75 Å². The first kappa shape index (κ1) is 14.1. The van der Waals surface area contributed by atoms with Gasteiger partial charge < -0.3 is 15.0 Å². The van der Waals surface area contributed by atoms with Crippen LogP contribution in [0, 0.1) is 0 Å². The highest BCUT2D eigenvalue weighted by atomic mass is 35.5. The molecule has 2 rings (SSSR count). The third-order valence-corrected chi connectivity index (χ3v) is 2.78. The van der Waals surface area contributed by atoms with Gasteiger partial charge in [-0.3, -0.25) is 9.59 Å². The zero-order chi connectivity index (χ0) is 14.5. The largest absolute Gasteiger partial charge is 0.488 e. The molecule has 0 saturated heterocycles. The Balaban J connectivity index is 2.15. The first-order valence-corrected chi connectivity index (χ1v) is 6.40. The Bertz CT molecular complexity index is 665. The van der Waals surface area contributed by atoms with E-state index in [2.05, 4.69) is 10.3 Å². The second-order valence-corrected chi connectivity index (χ2v) is 4.41. The molecule has 6 heteroatoms. The van der Waals surface area contributed by atoms with Crippen LogP contribution in [0.2, 0.25) is 5.02 Å². The predicted octanol–water partition coefficient (Wildman–Crippen LogP) is 2.68. The summed E-state index contributed by atoms with van der Waals surface area (Å²) in [6.45, 7) is 2.17. The van der Waals surface area contributed by atoms with E-state index in [9.17, 15) is 9.59 Å². The van der Waals surface area contributed by atoms with Gasteiger partial charge in [-0.15, -0.1) is 0 Å². The first-order valence-electron chi connectivity index (χ1n) is 6.02. The maximum Gasteiger partial charge on any atom is 0.272 e. The summed E-state index contributed by atoms with van der Waals surface area (Å²) < 4.78 is 5.11. The van der Waals surface area contributed by atoms with Gasteiger partial charge in [-0.1, -0.05) is 11.6 Å². The summed E-state index contributed by atoms with van der Waals surface area (Å²) >= 11 is 5.76. The number of carbonyl (C=O) groups is 1. The van der Waals surface area contributed by atoms with E-state index in [-0.39, 0.29) is 16.9 Å². The van der Waals surface area contributed by atoms with Gasteiger partial charge in [-0.05, 0) is 31.2 Å². The summed E-state index contributed by atoms with van der Waals surface area (Å²) in [4.78, 5) is 26.4. The molecule has 0 saturated carbocycles. The van der Waals surface area contributed by atoms with Gasteiger partial charge in [0.1, 0.15) is 5.69 Å². The Hall–Kier alpha value is -2.27. The van der Waals surface area contributed by atoms with Gasteiger partial charge in [-0.25, -0.2) is 0 Å². The van der Waals surface area contributed by atoms with E-state index in [4.69, 9.17) is 16.3 Å². The molecule has 1 amide bonds. The molecule has 0 aliphatic carbocycles. The molecule has 0 bridgehead atoms. The topological polar surface area (TPSA) is 71.2 Å². The van der Waals surface area contributed by atoms with Crippen molar-refractivity contribution in [3.63, 3.8) is 0 Å². The summed E-state index contributed by atoms with van der Waals surface area (Å²) in [5, 5.41) is 3.24. The smallest absolute Gasteiger partial charge is 0.272 e. The third-order valence-electron chi connectivity index (χ3n) is 2.52. The number of nitrogens with one attached hydrogen (secondary N) is 2. The van der Waals surface area contributed by atoms with E-state index in [1.54, 1.807) is 31.2 Å². The summed E-state index contributed by atoms with van der Waals surface area (Å²) in [7, 11) is 0. The Morgan fingerprint density at radius 3 is 2.65 bits per heavy atom. The van der Waals surface area contributed by atoms with Gasteiger partial charge in [0.15, 0.2) is 5.75 Å². The monoisotopic (exact) mass is 292 g/mol. The highest BCUT2D eigenvalue weighted by Gasteiger charge is 2.09. The van der Waals surface area contributed by atoms with Gasteiger partial charge in [0, 0.05) is 23.0 Å². The predicted molar refractivity (Wildman–Crippen MR) is 77.6 cm³/mol. The van der Waals surface area contributed by atoms with Crippen molar-refractivity contribution in [2.24, 2.45) is 0 Å². The lowest BCUT2D eigenvalue weighted by atomic mass is 10.3. The van der Waals surface area contributed by atoms with Crippen LogP contribution in [0.1, 0.15) is 17.4 Å². The molecule has 2 aromatic rings. The first-order chi connectivity index (χ1) is 9.60. The zero-order valence-corrected chi connectivity index (χ0v) is 11.5. The molecule has 0 fully saturated rings. The van der Waals surface area contributed by atoms with Crippen LogP contribution in [0.25, 0.3) is 0 Å². The molecule has 2 N–H and O–H groups in total. The van der Waals surface area contributed by atoms with Gasteiger partial charge in [-0.2, -0.15) is 0 Å². The Morgan fingerprint density at radius 2 is 2.05 bits per heavy atom. The fourth-order valence-electron chi connectivity index (χ4n) is 1.59. The van der Waals surface area contributed by atoms with E-state index in [0.717, 1.165) is 0 Å². The Morgan fingerprint density at radius 1 is 1.35 bits per heavy atom. The normalized spacial score (nSPS) is 10.1. The second kappa shape index (κ2) is 6.25. The van der Waals surface area contributed by atoms with Crippen LogP contribution in [0.3, 0.4) is 0 Å². The average molecular weight is 293 g/mol. The molecule has 20 heavy (non-hydrogen) atoms. The SMILES string of the molecule is CCOc1c[nH]c(C(=O)Nc2ccc(Cl)cc2)cc1=O. The van der Waals surface area contributed by atoms with Crippen molar-refractivity contribution in [2.75, 3.05) is 11.9 Å². The summed E-state index contributed by atoms with van der Waals surface area (Å²) in [6, 6.07) is 7.88. The number of carbonyl (C=O) groups excluding carboxylic acids is 1. The fraction of sp³-hybridized carbons (Fsp3) is 0.143. The molecule has 0 radical (unpaired) electrons. The van der Waals surface area contributed by atoms with Crippen molar-refractivity contribution >= 4 is 23.2 Å². The Kier molecular flexibility index (Phi) is 4.42. The number of rotatable bonds is 4. The number of hydrogen-bond donors (Lipinski definition) is 2. The van der Waals surface area contributed by atoms with Crippen molar-refractivity contribution in [3.8, 4) is 5.75 Å². The molecule has 1 aromatic heterocycles. The molecule has 0 atom stereocenters. The molecular weight excluding hydrogens is 280 g/mol. The maximum atomic E-state index is 12.0. The summed E-state index contributed by atoms with van der Waals surface area (Å²) in [6.07, 6.45) is 1.38. The number of halogens is 1. The molecule has 104 valence electrons. The third kappa shape index (κ3) is 3.39. The summed E-state index contributed by atoms with van der Waals surface area (Å²) in [5.41, 5.74) is 0.411. The van der Waals surface area contributed by atoms with Crippen LogP contribution in [-0.2, 0) is 0 Å². The van der Waals surface area contributed by atoms with E-state index in [0.29, 0.717) is 17.3 Å². The molecule has 5 nitrogen and oxygen atoms in total. The quantitative estimate of drug-likeness (QED) is 0.910. The van der Waals surface area contributed by atoms with Crippen molar-refractivity contribution in [2.45, 2.75) is 6.92 Å². The van der Waals surface area contributed by atoms with Crippen molar-refractivity contribution < 1.29 is 9.53 Å². The lowest BCUT2D eigenvalue weighted by Crippen LogP contribution is -2.17. The minimum atomic E-state index is -0.410. The lowest BCUT2D eigenvalue weighted by molar-refractivity contribution is 0.102. The number of aromatic nitrogens is 1. The highest BCUT2D eigenvalue weighted by Crippen LogP contribution is 2.14. The molecule has 0 spiro atoms. The Labute approximate surface area is 120 Å². The van der Waals surface area contributed by atoms with Crippen molar-refractivity contribution in [1.82, 2.24) is 4.98 Å². The van der Waals surface area contributed by atoms with Crippen LogP contribution in [0.4, 0.5) is 5.69 Å². The van der Waals surface area contributed by atoms with Crippen LogP contribution in [0.15, 0.2) is 41.3 Å². The molecule has 0 unspecified atom stereocenters. The van der Waals surface area contributed by atoms with Crippen molar-refractivity contribution in [3.05, 3.63) is 57.5 Å². The lowest BCUT2D eigenvalue weighted by Gasteiger charge is -2.06. The van der Waals surface area contributed by atoms with Crippen LogP contribution < -0.4 is 15.5 Å². The molecule has 1 aromatic carbocycles. The van der Waals surface area contributed by atoms with Crippen molar-refractivity contribution in [1.29, 1.82) is 0 Å². The number of H-pyrrole nitrogens is 1. The average Bonchev–Trinajstić information content (AvgIpc) is 2.44. The van der Waals surface area contributed by atoms with E-state index >= 15 is 0 Å². The highest BCUT2D eigenvalue weighted by molar-refractivity contribution is 6.30. The zero-order valence-electron chi connectivity index (χ0n) is 10.8. The second-order valence-electron chi connectivity index (χ2n) is 3.97. The number of benzene rings is 1. The summed E-state index contributed by atoms with van der Waals surface area (Å²) in [5.74, 6) is -0.219. The molecule has 0 aliphatic rings. The number of ether oxygens (including phenoxy) is 1. The van der Waals surface area contributed by atoms with Crippen LogP contribution in [-0.4, -0.2) is 17.5 Å². The van der Waals surface area contributed by atoms with Gasteiger partial charge in [0.25, 0.3) is 5.91 Å². The fourth-order valence-corrected chi connectivity index (χ4v) is 1.72.